The number of hydrogen-bond donors (Lipinski definition) is 2. The number of fused-ring (bicyclic) bond motifs is 1. The van der Waals surface area contributed by atoms with Crippen LogP contribution in [0.15, 0.2) is 18.2 Å². The van der Waals surface area contributed by atoms with Crippen molar-refractivity contribution >= 4 is 22.5 Å². The van der Waals surface area contributed by atoms with E-state index in [1.165, 1.54) is 18.4 Å². The second-order valence-electron chi connectivity index (χ2n) is 4.75. The number of halogens is 1. The molecule has 0 bridgehead atoms. The van der Waals surface area contributed by atoms with Crippen molar-refractivity contribution in [1.82, 2.24) is 10.2 Å². The zero-order chi connectivity index (χ0) is 11.2. The standard InChI is InChI=1S/C12H14ClN3/c13-11-9-7-8(1-2-10(9)15-16-11)3-4-12(14)5-6-12/h1-2,7H,3-6,14H2,(H,15,16). The molecule has 0 atom stereocenters. The highest BCUT2D eigenvalue weighted by atomic mass is 35.5. The summed E-state index contributed by atoms with van der Waals surface area (Å²) < 4.78 is 0. The molecule has 0 radical (unpaired) electrons. The smallest absolute Gasteiger partial charge is 0.132 e. The summed E-state index contributed by atoms with van der Waals surface area (Å²) in [4.78, 5) is 0. The van der Waals surface area contributed by atoms with Crippen molar-refractivity contribution in [3.63, 3.8) is 0 Å². The minimum atomic E-state index is 0.120. The third-order valence-electron chi connectivity index (χ3n) is 3.38. The molecule has 0 spiro atoms. The molecule has 0 unspecified atom stereocenters. The van der Waals surface area contributed by atoms with Gasteiger partial charge in [-0.05, 0) is 43.4 Å². The van der Waals surface area contributed by atoms with Gasteiger partial charge in [0.15, 0.2) is 0 Å². The molecule has 4 heteroatoms. The summed E-state index contributed by atoms with van der Waals surface area (Å²) in [7, 11) is 0. The van der Waals surface area contributed by atoms with Crippen molar-refractivity contribution < 1.29 is 0 Å². The van der Waals surface area contributed by atoms with E-state index in [1.54, 1.807) is 0 Å². The van der Waals surface area contributed by atoms with Crippen LogP contribution in [0.5, 0.6) is 0 Å². The number of aromatic amines is 1. The summed E-state index contributed by atoms with van der Waals surface area (Å²) in [5, 5.41) is 8.50. The first-order chi connectivity index (χ1) is 7.66. The number of nitrogens with two attached hydrogens (primary N) is 1. The Morgan fingerprint density at radius 3 is 3.00 bits per heavy atom. The summed E-state index contributed by atoms with van der Waals surface area (Å²) in [6.45, 7) is 0. The van der Waals surface area contributed by atoms with Crippen molar-refractivity contribution in [1.29, 1.82) is 0 Å². The van der Waals surface area contributed by atoms with E-state index in [4.69, 9.17) is 17.3 Å². The van der Waals surface area contributed by atoms with E-state index < -0.39 is 0 Å². The van der Waals surface area contributed by atoms with Crippen LogP contribution >= 0.6 is 11.6 Å². The first kappa shape index (κ1) is 10.1. The van der Waals surface area contributed by atoms with Gasteiger partial charge in [-0.25, -0.2) is 0 Å². The van der Waals surface area contributed by atoms with Crippen molar-refractivity contribution in [2.45, 2.75) is 31.2 Å². The molecule has 16 heavy (non-hydrogen) atoms. The van der Waals surface area contributed by atoms with Gasteiger partial charge in [-0.2, -0.15) is 5.10 Å². The van der Waals surface area contributed by atoms with Gasteiger partial charge < -0.3 is 5.73 Å². The fraction of sp³-hybridized carbons (Fsp3) is 0.417. The predicted octanol–water partition coefficient (Wildman–Crippen LogP) is 2.64. The number of H-pyrrole nitrogens is 1. The molecule has 0 amide bonds. The Kier molecular flexibility index (Phi) is 2.19. The molecule has 0 saturated heterocycles. The van der Waals surface area contributed by atoms with Crippen molar-refractivity contribution in [3.05, 3.63) is 28.9 Å². The Labute approximate surface area is 99.0 Å². The van der Waals surface area contributed by atoms with E-state index in [-0.39, 0.29) is 5.54 Å². The van der Waals surface area contributed by atoms with Crippen LogP contribution in [0.1, 0.15) is 24.8 Å². The zero-order valence-corrected chi connectivity index (χ0v) is 9.72. The van der Waals surface area contributed by atoms with Crippen molar-refractivity contribution in [2.24, 2.45) is 5.73 Å². The number of nitrogens with one attached hydrogen (secondary N) is 1. The topological polar surface area (TPSA) is 54.7 Å². The minimum Gasteiger partial charge on any atom is -0.325 e. The second-order valence-corrected chi connectivity index (χ2v) is 5.13. The van der Waals surface area contributed by atoms with E-state index in [9.17, 15) is 0 Å². The number of nitrogens with zero attached hydrogens (tertiary/aromatic N) is 1. The minimum absolute atomic E-state index is 0.120. The molecule has 0 aliphatic heterocycles. The third kappa shape index (κ3) is 1.81. The Hall–Kier alpha value is -1.06. The Morgan fingerprint density at radius 2 is 2.25 bits per heavy atom. The van der Waals surface area contributed by atoms with Gasteiger partial charge in [0, 0.05) is 10.9 Å². The van der Waals surface area contributed by atoms with E-state index >= 15 is 0 Å². The Bertz CT molecular complexity index is 528. The van der Waals surface area contributed by atoms with Crippen LogP contribution in [-0.4, -0.2) is 15.7 Å². The molecular weight excluding hydrogens is 222 g/mol. The lowest BCUT2D eigenvalue weighted by Gasteiger charge is -2.07. The molecule has 84 valence electrons. The van der Waals surface area contributed by atoms with Gasteiger partial charge >= 0.3 is 0 Å². The maximum Gasteiger partial charge on any atom is 0.132 e. The summed E-state index contributed by atoms with van der Waals surface area (Å²) >= 11 is 6.00. The molecule has 1 aromatic heterocycles. The summed E-state index contributed by atoms with van der Waals surface area (Å²) in [6, 6.07) is 6.21. The highest BCUT2D eigenvalue weighted by Crippen LogP contribution is 2.36. The van der Waals surface area contributed by atoms with E-state index in [1.807, 2.05) is 6.07 Å². The predicted molar refractivity (Wildman–Crippen MR) is 65.6 cm³/mol. The molecule has 3 N–H and O–H groups in total. The molecule has 2 aromatic rings. The van der Waals surface area contributed by atoms with E-state index in [2.05, 4.69) is 22.3 Å². The lowest BCUT2D eigenvalue weighted by Crippen LogP contribution is -2.22. The zero-order valence-electron chi connectivity index (χ0n) is 8.96. The van der Waals surface area contributed by atoms with Gasteiger partial charge in [0.05, 0.1) is 5.52 Å². The highest BCUT2D eigenvalue weighted by Gasteiger charge is 2.37. The quantitative estimate of drug-likeness (QED) is 0.859. The van der Waals surface area contributed by atoms with Gasteiger partial charge in [0.25, 0.3) is 0 Å². The average molecular weight is 236 g/mol. The first-order valence-corrected chi connectivity index (χ1v) is 5.96. The van der Waals surface area contributed by atoms with Gasteiger partial charge in [0.2, 0.25) is 0 Å². The first-order valence-electron chi connectivity index (χ1n) is 5.58. The van der Waals surface area contributed by atoms with Crippen molar-refractivity contribution in [3.8, 4) is 0 Å². The Balaban J connectivity index is 1.83. The summed E-state index contributed by atoms with van der Waals surface area (Å²) in [5.74, 6) is 0. The van der Waals surface area contributed by atoms with Gasteiger partial charge in [0.1, 0.15) is 5.15 Å². The number of hydrogen-bond acceptors (Lipinski definition) is 2. The van der Waals surface area contributed by atoms with Crippen LogP contribution in [0.25, 0.3) is 10.9 Å². The fourth-order valence-electron chi connectivity index (χ4n) is 1.99. The van der Waals surface area contributed by atoms with Crippen LogP contribution < -0.4 is 5.73 Å². The molecule has 1 aromatic carbocycles. The molecule has 1 saturated carbocycles. The van der Waals surface area contributed by atoms with Gasteiger partial charge in [-0.3, -0.25) is 5.10 Å². The maximum absolute atomic E-state index is 6.07. The number of benzene rings is 1. The van der Waals surface area contributed by atoms with Gasteiger partial charge in [-0.15, -0.1) is 0 Å². The van der Waals surface area contributed by atoms with E-state index in [0.29, 0.717) is 5.15 Å². The number of rotatable bonds is 3. The normalized spacial score (nSPS) is 17.9. The molecule has 1 fully saturated rings. The number of aromatic nitrogens is 2. The van der Waals surface area contributed by atoms with Crippen LogP contribution in [0.3, 0.4) is 0 Å². The van der Waals surface area contributed by atoms with E-state index in [0.717, 1.165) is 23.7 Å². The number of aryl methyl sites for hydroxylation is 1. The molecule has 1 aliphatic carbocycles. The SMILES string of the molecule is NC1(CCc2ccc3n[nH]c(Cl)c3c2)CC1. The molecule has 3 nitrogen and oxygen atoms in total. The summed E-state index contributed by atoms with van der Waals surface area (Å²) in [6.07, 6.45) is 4.42. The van der Waals surface area contributed by atoms with Crippen LogP contribution in [0, 0.1) is 0 Å². The van der Waals surface area contributed by atoms with Crippen LogP contribution in [0.4, 0.5) is 0 Å². The molecular formula is C12H14ClN3. The summed E-state index contributed by atoms with van der Waals surface area (Å²) in [5.41, 5.74) is 8.40. The van der Waals surface area contributed by atoms with Crippen LogP contribution in [0.2, 0.25) is 5.15 Å². The maximum atomic E-state index is 6.07. The molecule has 1 aliphatic rings. The lowest BCUT2D eigenvalue weighted by atomic mass is 10.0. The monoisotopic (exact) mass is 235 g/mol. The molecule has 1 heterocycles. The highest BCUT2D eigenvalue weighted by molar-refractivity contribution is 6.34. The lowest BCUT2D eigenvalue weighted by molar-refractivity contribution is 0.609. The fourth-order valence-corrected chi connectivity index (χ4v) is 2.18. The largest absolute Gasteiger partial charge is 0.325 e. The van der Waals surface area contributed by atoms with Crippen LogP contribution in [-0.2, 0) is 6.42 Å². The van der Waals surface area contributed by atoms with Crippen molar-refractivity contribution in [2.75, 3.05) is 0 Å². The second kappa shape index (κ2) is 3.47. The third-order valence-corrected chi connectivity index (χ3v) is 3.66. The average Bonchev–Trinajstić information content (AvgIpc) is 2.92. The molecule has 3 rings (SSSR count). The Morgan fingerprint density at radius 1 is 1.44 bits per heavy atom. The van der Waals surface area contributed by atoms with Gasteiger partial charge in [-0.1, -0.05) is 17.7 Å².